The van der Waals surface area contributed by atoms with Crippen molar-refractivity contribution in [3.05, 3.63) is 52.4 Å². The molecule has 172 valence electrons. The molecule has 0 aliphatic carbocycles. The van der Waals surface area contributed by atoms with Gasteiger partial charge < -0.3 is 21.1 Å². The Balaban J connectivity index is 1.82. The van der Waals surface area contributed by atoms with E-state index < -0.39 is 0 Å². The van der Waals surface area contributed by atoms with Crippen molar-refractivity contribution in [2.24, 2.45) is 30.8 Å². The number of hydrogen-bond acceptors (Lipinski definition) is 9. The predicted octanol–water partition coefficient (Wildman–Crippen LogP) is 0.917. The number of rotatable bonds is 7. The Morgan fingerprint density at radius 3 is 2.67 bits per heavy atom. The number of fused-ring (bicyclic) bond motifs is 1. The summed E-state index contributed by atoms with van der Waals surface area (Å²) in [5, 5.41) is 19.2. The van der Waals surface area contributed by atoms with Gasteiger partial charge in [-0.2, -0.15) is 5.10 Å². The number of nitrogens with zero attached hydrogens (tertiary/aromatic N) is 6. The molecular formula is C20H25N11O2. The first-order chi connectivity index (χ1) is 15.8. The second kappa shape index (κ2) is 8.55. The third-order valence-corrected chi connectivity index (χ3v) is 4.81. The molecule has 0 fully saturated rings. The summed E-state index contributed by atoms with van der Waals surface area (Å²) in [7, 11) is 6.53. The molecule has 1 aromatic carbocycles. The molecule has 7 N–H and O–H groups in total. The van der Waals surface area contributed by atoms with Gasteiger partial charge in [0.25, 0.3) is 5.56 Å². The molecule has 0 unspecified atom stereocenters. The Labute approximate surface area is 188 Å². The largest absolute Gasteiger partial charge is 0.494 e. The van der Waals surface area contributed by atoms with Crippen LogP contribution in [0.2, 0.25) is 0 Å². The number of methoxy groups -OCH3 is 1. The molecule has 0 atom stereocenters. The Hall–Kier alpha value is -4.52. The first kappa shape index (κ1) is 21.7. The third kappa shape index (κ3) is 4.29. The zero-order chi connectivity index (χ0) is 23.7. The highest BCUT2D eigenvalue weighted by Gasteiger charge is 2.18. The second-order valence-corrected chi connectivity index (χ2v) is 7.32. The Morgan fingerprint density at radius 1 is 1.21 bits per heavy atom. The molecule has 0 spiro atoms. The van der Waals surface area contributed by atoms with Crippen molar-refractivity contribution < 1.29 is 4.74 Å². The molecule has 4 aromatic rings. The number of aromatic nitrogens is 5. The zero-order valence-electron chi connectivity index (χ0n) is 18.6. The number of nitrogens with two attached hydrogens (primary N) is 2. The molecule has 0 saturated heterocycles. The van der Waals surface area contributed by atoms with Crippen molar-refractivity contribution in [3.63, 3.8) is 0 Å². The molecule has 3 aromatic heterocycles. The van der Waals surface area contributed by atoms with Gasteiger partial charge in [0.1, 0.15) is 11.2 Å². The summed E-state index contributed by atoms with van der Waals surface area (Å²) in [4.78, 5) is 17.3. The van der Waals surface area contributed by atoms with Gasteiger partial charge in [0.05, 0.1) is 24.0 Å². The smallest absolute Gasteiger partial charge is 0.277 e. The average Bonchev–Trinajstić information content (AvgIpc) is 3.29. The number of para-hydroxylation sites is 1. The van der Waals surface area contributed by atoms with Crippen molar-refractivity contribution in [1.82, 2.24) is 29.7 Å². The first-order valence-corrected chi connectivity index (χ1v) is 9.90. The van der Waals surface area contributed by atoms with E-state index in [9.17, 15) is 4.79 Å². The van der Waals surface area contributed by atoms with Crippen LogP contribution in [0.5, 0.6) is 5.75 Å². The van der Waals surface area contributed by atoms with Crippen molar-refractivity contribution in [3.8, 4) is 5.75 Å². The van der Waals surface area contributed by atoms with Gasteiger partial charge >= 0.3 is 0 Å². The summed E-state index contributed by atoms with van der Waals surface area (Å²) >= 11 is 0. The van der Waals surface area contributed by atoms with Crippen molar-refractivity contribution in [1.29, 1.82) is 0 Å². The predicted molar refractivity (Wildman–Crippen MR) is 127 cm³/mol. The Bertz CT molecular complexity index is 1400. The van der Waals surface area contributed by atoms with Crippen LogP contribution in [-0.2, 0) is 14.1 Å². The molecule has 0 bridgehead atoms. The van der Waals surface area contributed by atoms with Gasteiger partial charge in [-0.25, -0.2) is 15.9 Å². The molecule has 4 rings (SSSR count). The van der Waals surface area contributed by atoms with E-state index in [4.69, 9.17) is 16.3 Å². The minimum absolute atomic E-state index is 0.176. The lowest BCUT2D eigenvalue weighted by Gasteiger charge is -2.16. The van der Waals surface area contributed by atoms with Crippen LogP contribution in [0.1, 0.15) is 5.56 Å². The van der Waals surface area contributed by atoms with E-state index in [2.05, 4.69) is 30.9 Å². The van der Waals surface area contributed by atoms with Crippen LogP contribution in [0.3, 0.4) is 0 Å². The van der Waals surface area contributed by atoms with Gasteiger partial charge in [-0.1, -0.05) is 6.07 Å². The number of aromatic amines is 1. The number of H-pyrrole nitrogens is 1. The van der Waals surface area contributed by atoms with Crippen molar-refractivity contribution >= 4 is 39.9 Å². The van der Waals surface area contributed by atoms with Crippen molar-refractivity contribution in [2.45, 2.75) is 0 Å². The number of pyridine rings is 1. The summed E-state index contributed by atoms with van der Waals surface area (Å²) in [6.45, 7) is 0. The van der Waals surface area contributed by atoms with Gasteiger partial charge in [0, 0.05) is 39.5 Å². The summed E-state index contributed by atoms with van der Waals surface area (Å²) in [5.74, 6) is 7.32. The van der Waals surface area contributed by atoms with Crippen LogP contribution in [0.15, 0.2) is 46.4 Å². The Morgan fingerprint density at radius 2 is 2.00 bits per heavy atom. The molecule has 0 radical (unpaired) electrons. The van der Waals surface area contributed by atoms with E-state index in [1.54, 1.807) is 43.0 Å². The lowest BCUT2D eigenvalue weighted by molar-refractivity contribution is 0.371. The van der Waals surface area contributed by atoms with E-state index in [1.165, 1.54) is 11.8 Å². The summed E-state index contributed by atoms with van der Waals surface area (Å²) in [5.41, 5.74) is 7.91. The molecule has 0 amide bonds. The topological polar surface area (TPSA) is 169 Å². The fourth-order valence-corrected chi connectivity index (χ4v) is 3.42. The highest BCUT2D eigenvalue weighted by molar-refractivity contribution is 6.02. The number of hydrazine groups is 1. The molecule has 0 aliphatic heterocycles. The highest BCUT2D eigenvalue weighted by Crippen LogP contribution is 2.34. The molecule has 3 heterocycles. The molecule has 33 heavy (non-hydrogen) atoms. The molecular weight excluding hydrogens is 426 g/mol. The van der Waals surface area contributed by atoms with Gasteiger partial charge in [-0.05, 0) is 12.1 Å². The minimum Gasteiger partial charge on any atom is -0.494 e. The third-order valence-electron chi connectivity index (χ3n) is 4.81. The summed E-state index contributed by atoms with van der Waals surface area (Å²) in [6.07, 6.45) is 1.81. The Kier molecular flexibility index (Phi) is 5.62. The summed E-state index contributed by atoms with van der Waals surface area (Å²) < 4.78 is 8.65. The lowest BCUT2D eigenvalue weighted by atomic mass is 10.1. The fourth-order valence-electron chi connectivity index (χ4n) is 3.42. The standard InChI is InChI=1S/C20H25N11O2/c1-29-9-8-14(26-29)24-15-10-13(16-19(25-15)28-30(2)20(16)32)23-12-7-5-6-11(17(12)33-4)18(21)27-31(3)22/h5-10H,22H2,1-4H3,(H2,21,27)(H3,23,24,25,26,28). The van der Waals surface area contributed by atoms with Crippen LogP contribution in [0, 0.1) is 0 Å². The molecule has 13 heteroatoms. The maximum atomic E-state index is 12.8. The van der Waals surface area contributed by atoms with E-state index in [1.807, 2.05) is 19.3 Å². The minimum atomic E-state index is -0.231. The summed E-state index contributed by atoms with van der Waals surface area (Å²) in [6, 6.07) is 8.90. The van der Waals surface area contributed by atoms with E-state index in [0.717, 1.165) is 5.12 Å². The van der Waals surface area contributed by atoms with Gasteiger partial charge in [-0.15, -0.1) is 5.10 Å². The lowest BCUT2D eigenvalue weighted by Crippen LogP contribution is -2.26. The van der Waals surface area contributed by atoms with Gasteiger partial charge in [-0.3, -0.25) is 19.3 Å². The first-order valence-electron chi connectivity index (χ1n) is 9.90. The molecule has 13 nitrogen and oxygen atoms in total. The number of hydrogen-bond donors (Lipinski definition) is 5. The number of amidine groups is 1. The normalized spacial score (nSPS) is 11.6. The number of hydrazone groups is 1. The van der Waals surface area contributed by atoms with Crippen LogP contribution in [0.25, 0.3) is 11.0 Å². The van der Waals surface area contributed by atoms with E-state index >= 15 is 0 Å². The van der Waals surface area contributed by atoms with E-state index in [0.29, 0.717) is 45.4 Å². The maximum Gasteiger partial charge on any atom is 0.277 e. The number of ether oxygens (including phenoxy) is 1. The number of anilines is 4. The number of benzene rings is 1. The van der Waals surface area contributed by atoms with Gasteiger partial charge in [0.2, 0.25) is 0 Å². The van der Waals surface area contributed by atoms with Crippen LogP contribution < -0.4 is 32.5 Å². The average molecular weight is 451 g/mol. The SMILES string of the molecule is COc1c(Nc2cc(Nc3ccn(C)n3)nc3[nH]n(C)c(=O)c23)cccc1/C(N)=N/N(C)N. The molecule has 0 saturated carbocycles. The second-order valence-electron chi connectivity index (χ2n) is 7.32. The maximum absolute atomic E-state index is 12.8. The van der Waals surface area contributed by atoms with Crippen molar-refractivity contribution in [2.75, 3.05) is 24.8 Å². The zero-order valence-corrected chi connectivity index (χ0v) is 18.6. The quantitative estimate of drug-likeness (QED) is 0.119. The molecule has 0 aliphatic rings. The van der Waals surface area contributed by atoms with Gasteiger partial charge in [0.15, 0.2) is 23.1 Å². The van der Waals surface area contributed by atoms with Crippen LogP contribution in [-0.4, -0.2) is 49.7 Å². The number of aryl methyl sites for hydroxylation is 2. The number of nitrogens with one attached hydrogen (secondary N) is 3. The van der Waals surface area contributed by atoms with Crippen LogP contribution in [0.4, 0.5) is 23.0 Å². The highest BCUT2D eigenvalue weighted by atomic mass is 16.5. The van der Waals surface area contributed by atoms with E-state index in [-0.39, 0.29) is 11.4 Å². The monoisotopic (exact) mass is 451 g/mol. The fraction of sp³-hybridized carbons (Fsp3) is 0.200. The van der Waals surface area contributed by atoms with Crippen LogP contribution >= 0.6 is 0 Å².